The molecule has 1 aromatic carbocycles. The first-order valence-electron chi connectivity index (χ1n) is 6.16. The van der Waals surface area contributed by atoms with Gasteiger partial charge in [-0.1, -0.05) is 0 Å². The van der Waals surface area contributed by atoms with Gasteiger partial charge in [-0.3, -0.25) is 4.68 Å². The largest absolute Gasteiger partial charge is 0.497 e. The smallest absolute Gasteiger partial charge is 0.128 e. The van der Waals surface area contributed by atoms with Crippen molar-refractivity contribution in [3.05, 3.63) is 30.0 Å². The van der Waals surface area contributed by atoms with Gasteiger partial charge in [-0.25, -0.2) is 0 Å². The van der Waals surface area contributed by atoms with Crippen LogP contribution in [0.1, 0.15) is 5.69 Å². The van der Waals surface area contributed by atoms with Crippen LogP contribution < -0.4 is 15.2 Å². The van der Waals surface area contributed by atoms with Gasteiger partial charge in [0.1, 0.15) is 11.5 Å². The summed E-state index contributed by atoms with van der Waals surface area (Å²) in [6.45, 7) is 3.17. The third-order valence-corrected chi connectivity index (χ3v) is 2.93. The van der Waals surface area contributed by atoms with Crippen LogP contribution in [-0.4, -0.2) is 30.5 Å². The predicted molar refractivity (Wildman–Crippen MR) is 74.6 cm³/mol. The number of nitrogens with two attached hydrogens (primary N) is 1. The van der Waals surface area contributed by atoms with Crippen molar-refractivity contribution in [2.75, 3.05) is 20.8 Å². The maximum absolute atomic E-state index is 5.63. The molecule has 5 heteroatoms. The summed E-state index contributed by atoms with van der Waals surface area (Å²) in [7, 11) is 3.30. The molecule has 5 nitrogen and oxygen atoms in total. The van der Waals surface area contributed by atoms with Gasteiger partial charge in [-0.15, -0.1) is 0 Å². The van der Waals surface area contributed by atoms with Crippen molar-refractivity contribution in [1.82, 2.24) is 9.78 Å². The number of ether oxygens (including phenoxy) is 2. The number of hydrogen-bond donors (Lipinski definition) is 1. The van der Waals surface area contributed by atoms with E-state index in [0.717, 1.165) is 28.5 Å². The van der Waals surface area contributed by atoms with E-state index < -0.39 is 0 Å². The Morgan fingerprint density at radius 2 is 2.00 bits per heavy atom. The molecule has 0 amide bonds. The summed E-state index contributed by atoms with van der Waals surface area (Å²) >= 11 is 0. The highest BCUT2D eigenvalue weighted by Gasteiger charge is 2.13. The van der Waals surface area contributed by atoms with Crippen molar-refractivity contribution in [2.45, 2.75) is 13.5 Å². The van der Waals surface area contributed by atoms with E-state index in [4.69, 9.17) is 15.2 Å². The van der Waals surface area contributed by atoms with Gasteiger partial charge in [-0.2, -0.15) is 5.10 Å². The molecule has 1 heterocycles. The number of aryl methyl sites for hydroxylation is 1. The number of aromatic nitrogens is 2. The summed E-state index contributed by atoms with van der Waals surface area (Å²) in [5.74, 6) is 1.58. The number of hydrogen-bond acceptors (Lipinski definition) is 4. The molecule has 0 fully saturated rings. The Balaban J connectivity index is 2.55. The molecule has 102 valence electrons. The van der Waals surface area contributed by atoms with Crippen molar-refractivity contribution in [3.63, 3.8) is 0 Å². The van der Waals surface area contributed by atoms with Crippen LogP contribution in [0.2, 0.25) is 0 Å². The molecule has 0 bridgehead atoms. The molecule has 0 aliphatic heterocycles. The molecule has 0 aliphatic rings. The zero-order valence-corrected chi connectivity index (χ0v) is 11.5. The number of nitrogens with zero attached hydrogens (tertiary/aromatic N) is 2. The first-order valence-corrected chi connectivity index (χ1v) is 6.16. The lowest BCUT2D eigenvalue weighted by Gasteiger charge is -2.12. The predicted octanol–water partition coefficient (Wildman–Crippen LogP) is 1.83. The van der Waals surface area contributed by atoms with Gasteiger partial charge >= 0.3 is 0 Å². The molecule has 2 rings (SSSR count). The van der Waals surface area contributed by atoms with E-state index >= 15 is 0 Å². The summed E-state index contributed by atoms with van der Waals surface area (Å²) in [5.41, 5.74) is 8.52. The van der Waals surface area contributed by atoms with Gasteiger partial charge in [0.05, 0.1) is 32.2 Å². The van der Waals surface area contributed by atoms with Gasteiger partial charge in [0.2, 0.25) is 0 Å². The molecule has 2 N–H and O–H groups in total. The minimum atomic E-state index is 0.542. The van der Waals surface area contributed by atoms with E-state index in [9.17, 15) is 0 Å². The van der Waals surface area contributed by atoms with Crippen LogP contribution in [0.3, 0.4) is 0 Å². The molecule has 0 spiro atoms. The minimum Gasteiger partial charge on any atom is -0.497 e. The van der Waals surface area contributed by atoms with Gasteiger partial charge in [0, 0.05) is 12.1 Å². The van der Waals surface area contributed by atoms with Crippen LogP contribution in [0, 0.1) is 6.92 Å². The van der Waals surface area contributed by atoms with Crippen molar-refractivity contribution in [1.29, 1.82) is 0 Å². The molecule has 19 heavy (non-hydrogen) atoms. The quantitative estimate of drug-likeness (QED) is 0.892. The normalized spacial score (nSPS) is 10.5. The van der Waals surface area contributed by atoms with Crippen molar-refractivity contribution >= 4 is 0 Å². The molecular weight excluding hydrogens is 242 g/mol. The van der Waals surface area contributed by atoms with E-state index in [1.807, 2.05) is 35.9 Å². The fraction of sp³-hybridized carbons (Fsp3) is 0.357. The number of rotatable bonds is 5. The fourth-order valence-electron chi connectivity index (χ4n) is 2.07. The molecule has 0 atom stereocenters. The average molecular weight is 261 g/mol. The summed E-state index contributed by atoms with van der Waals surface area (Å²) in [6.07, 6.45) is 0. The molecular formula is C14H19N3O2. The Morgan fingerprint density at radius 1 is 1.21 bits per heavy atom. The lowest BCUT2D eigenvalue weighted by Crippen LogP contribution is -2.12. The lowest BCUT2D eigenvalue weighted by atomic mass is 10.1. The van der Waals surface area contributed by atoms with Crippen LogP contribution in [-0.2, 0) is 6.54 Å². The van der Waals surface area contributed by atoms with Crippen molar-refractivity contribution < 1.29 is 9.47 Å². The van der Waals surface area contributed by atoms with Crippen LogP contribution in [0.15, 0.2) is 24.3 Å². The fourth-order valence-corrected chi connectivity index (χ4v) is 2.07. The second-order valence-electron chi connectivity index (χ2n) is 4.25. The van der Waals surface area contributed by atoms with Crippen molar-refractivity contribution in [3.8, 4) is 22.8 Å². The molecule has 2 aromatic rings. The van der Waals surface area contributed by atoms with E-state index in [0.29, 0.717) is 13.1 Å². The highest BCUT2D eigenvalue weighted by molar-refractivity contribution is 5.69. The van der Waals surface area contributed by atoms with Gasteiger partial charge < -0.3 is 15.2 Å². The third-order valence-electron chi connectivity index (χ3n) is 2.93. The van der Waals surface area contributed by atoms with Crippen LogP contribution in [0.4, 0.5) is 0 Å². The van der Waals surface area contributed by atoms with E-state index in [1.165, 1.54) is 0 Å². The Morgan fingerprint density at radius 3 is 2.63 bits per heavy atom. The van der Waals surface area contributed by atoms with Gasteiger partial charge in [-0.05, 0) is 31.2 Å². The second kappa shape index (κ2) is 5.75. The van der Waals surface area contributed by atoms with E-state index in [-0.39, 0.29) is 0 Å². The summed E-state index contributed by atoms with van der Waals surface area (Å²) in [6, 6.07) is 7.73. The summed E-state index contributed by atoms with van der Waals surface area (Å²) in [4.78, 5) is 0. The first-order chi connectivity index (χ1) is 9.19. The second-order valence-corrected chi connectivity index (χ2v) is 4.25. The van der Waals surface area contributed by atoms with Crippen molar-refractivity contribution in [2.24, 2.45) is 5.73 Å². The Bertz CT molecular complexity index is 564. The zero-order valence-electron chi connectivity index (χ0n) is 11.5. The molecule has 1 aromatic heterocycles. The van der Waals surface area contributed by atoms with Gasteiger partial charge in [0.25, 0.3) is 0 Å². The molecule has 0 saturated carbocycles. The maximum atomic E-state index is 5.63. The maximum Gasteiger partial charge on any atom is 0.128 e. The monoisotopic (exact) mass is 261 g/mol. The number of methoxy groups -OCH3 is 2. The van der Waals surface area contributed by atoms with Crippen LogP contribution in [0.5, 0.6) is 11.5 Å². The molecule has 0 unspecified atom stereocenters. The highest BCUT2D eigenvalue weighted by atomic mass is 16.5. The summed E-state index contributed by atoms with van der Waals surface area (Å²) in [5, 5.41) is 4.45. The average Bonchev–Trinajstić information content (AvgIpc) is 2.79. The van der Waals surface area contributed by atoms with E-state index in [1.54, 1.807) is 14.2 Å². The third kappa shape index (κ3) is 2.71. The van der Waals surface area contributed by atoms with Crippen LogP contribution in [0.25, 0.3) is 11.3 Å². The topological polar surface area (TPSA) is 62.3 Å². The summed E-state index contributed by atoms with van der Waals surface area (Å²) < 4.78 is 12.6. The lowest BCUT2D eigenvalue weighted by molar-refractivity contribution is 0.404. The van der Waals surface area contributed by atoms with Gasteiger partial charge in [0.15, 0.2) is 0 Å². The minimum absolute atomic E-state index is 0.542. The standard InChI is InChI=1S/C14H19N3O2/c1-10-8-13(17(16-10)7-6-15)12-9-11(18-2)4-5-14(12)19-3/h4-5,8-9H,6-7,15H2,1-3H3. The Kier molecular flexibility index (Phi) is 4.06. The Hall–Kier alpha value is -2.01. The van der Waals surface area contributed by atoms with Crippen LogP contribution >= 0.6 is 0 Å². The Labute approximate surface area is 112 Å². The van der Waals surface area contributed by atoms with E-state index in [2.05, 4.69) is 5.10 Å². The molecule has 0 aliphatic carbocycles. The molecule has 0 radical (unpaired) electrons. The zero-order chi connectivity index (χ0) is 13.8. The first kappa shape index (κ1) is 13.4. The SMILES string of the molecule is COc1ccc(OC)c(-c2cc(C)nn2CCN)c1. The molecule has 0 saturated heterocycles. The number of benzene rings is 1. The highest BCUT2D eigenvalue weighted by Crippen LogP contribution is 2.33.